The minimum Gasteiger partial charge on any atom is -0.319 e. The predicted molar refractivity (Wildman–Crippen MR) is 112 cm³/mol. The molecule has 0 aliphatic carbocycles. The van der Waals surface area contributed by atoms with Crippen LogP contribution >= 0.6 is 0 Å². The molecule has 1 heterocycles. The van der Waals surface area contributed by atoms with Crippen molar-refractivity contribution in [3.63, 3.8) is 0 Å². The summed E-state index contributed by atoms with van der Waals surface area (Å²) in [6.45, 7) is 5.45. The van der Waals surface area contributed by atoms with Crippen LogP contribution in [0.5, 0.6) is 0 Å². The number of likely N-dealkylation sites (tertiary alicyclic amines) is 1. The highest BCUT2D eigenvalue weighted by Crippen LogP contribution is 2.33. The number of ketones is 1. The summed E-state index contributed by atoms with van der Waals surface area (Å²) in [6.07, 6.45) is -3.19. The number of piperidine rings is 1. The lowest BCUT2D eigenvalue weighted by Crippen LogP contribution is -2.56. The molecule has 2 aromatic carbocycles. The smallest absolute Gasteiger partial charge is 0.319 e. The van der Waals surface area contributed by atoms with Crippen molar-refractivity contribution in [3.8, 4) is 0 Å². The summed E-state index contributed by atoms with van der Waals surface area (Å²) in [4.78, 5) is 14.8. The fraction of sp³-hybridized carbons (Fsp3) is 0.458. The first-order valence-corrected chi connectivity index (χ1v) is 10.4. The fourth-order valence-electron chi connectivity index (χ4n) is 3.95. The van der Waals surface area contributed by atoms with Gasteiger partial charge < -0.3 is 5.73 Å². The average molecular weight is 419 g/mol. The van der Waals surface area contributed by atoms with E-state index in [-0.39, 0.29) is 24.3 Å². The SMILES string of the molecule is CC(C)c1ccc(CC(=O)C2(N)CCN(Cc3ccccc3C(F)(F)F)CC2)cc1. The van der Waals surface area contributed by atoms with Crippen LogP contribution in [-0.4, -0.2) is 29.3 Å². The normalized spacial score (nSPS) is 17.3. The van der Waals surface area contributed by atoms with E-state index in [1.807, 2.05) is 29.2 Å². The van der Waals surface area contributed by atoms with Crippen LogP contribution in [0.15, 0.2) is 48.5 Å². The van der Waals surface area contributed by atoms with Crippen LogP contribution in [0, 0.1) is 0 Å². The average Bonchev–Trinajstić information content (AvgIpc) is 2.70. The van der Waals surface area contributed by atoms with Crippen molar-refractivity contribution in [3.05, 3.63) is 70.8 Å². The molecule has 0 saturated carbocycles. The maximum absolute atomic E-state index is 13.2. The Morgan fingerprint density at radius 1 is 1.07 bits per heavy atom. The van der Waals surface area contributed by atoms with E-state index in [2.05, 4.69) is 13.8 Å². The Morgan fingerprint density at radius 3 is 2.23 bits per heavy atom. The standard InChI is InChI=1S/C24H29F3N2O/c1-17(2)19-9-7-18(8-10-19)15-22(30)23(28)11-13-29(14-12-23)16-20-5-3-4-6-21(20)24(25,26)27/h3-10,17H,11-16,28H2,1-2H3. The summed E-state index contributed by atoms with van der Waals surface area (Å²) in [5.41, 5.74) is 7.33. The molecule has 162 valence electrons. The maximum atomic E-state index is 13.2. The van der Waals surface area contributed by atoms with Gasteiger partial charge in [0, 0.05) is 26.1 Å². The summed E-state index contributed by atoms with van der Waals surface area (Å²) in [6, 6.07) is 13.7. The molecule has 30 heavy (non-hydrogen) atoms. The first-order valence-electron chi connectivity index (χ1n) is 10.4. The van der Waals surface area contributed by atoms with E-state index in [9.17, 15) is 18.0 Å². The number of benzene rings is 2. The molecule has 2 aromatic rings. The highest BCUT2D eigenvalue weighted by Gasteiger charge is 2.38. The molecule has 0 bridgehead atoms. The summed E-state index contributed by atoms with van der Waals surface area (Å²) in [5, 5.41) is 0. The van der Waals surface area contributed by atoms with Gasteiger partial charge in [-0.05, 0) is 41.5 Å². The van der Waals surface area contributed by atoms with Gasteiger partial charge in [0.2, 0.25) is 0 Å². The summed E-state index contributed by atoms with van der Waals surface area (Å²) < 4.78 is 39.7. The molecule has 3 nitrogen and oxygen atoms in total. The molecule has 0 aromatic heterocycles. The number of alkyl halides is 3. The van der Waals surface area contributed by atoms with Gasteiger partial charge in [0.1, 0.15) is 0 Å². The molecule has 1 saturated heterocycles. The van der Waals surface area contributed by atoms with Crippen LogP contribution in [0.1, 0.15) is 54.9 Å². The zero-order chi connectivity index (χ0) is 21.9. The van der Waals surface area contributed by atoms with E-state index >= 15 is 0 Å². The largest absolute Gasteiger partial charge is 0.416 e. The Labute approximate surface area is 176 Å². The lowest BCUT2D eigenvalue weighted by atomic mass is 9.82. The van der Waals surface area contributed by atoms with Gasteiger partial charge >= 0.3 is 6.18 Å². The number of carbonyl (C=O) groups is 1. The maximum Gasteiger partial charge on any atom is 0.416 e. The highest BCUT2D eigenvalue weighted by molar-refractivity contribution is 5.90. The predicted octanol–water partition coefficient (Wildman–Crippen LogP) is 4.93. The zero-order valence-corrected chi connectivity index (χ0v) is 17.5. The van der Waals surface area contributed by atoms with Crippen molar-refractivity contribution < 1.29 is 18.0 Å². The lowest BCUT2D eigenvalue weighted by molar-refractivity contribution is -0.138. The van der Waals surface area contributed by atoms with Gasteiger partial charge in [-0.25, -0.2) is 0 Å². The molecule has 2 N–H and O–H groups in total. The van der Waals surface area contributed by atoms with Gasteiger partial charge in [0.25, 0.3) is 0 Å². The first kappa shape index (κ1) is 22.5. The number of nitrogens with zero attached hydrogens (tertiary/aromatic N) is 1. The summed E-state index contributed by atoms with van der Waals surface area (Å²) in [5.74, 6) is 0.428. The Kier molecular flexibility index (Phi) is 6.68. The fourth-order valence-corrected chi connectivity index (χ4v) is 3.95. The van der Waals surface area contributed by atoms with Crippen molar-refractivity contribution in [2.75, 3.05) is 13.1 Å². The van der Waals surface area contributed by atoms with E-state index in [1.54, 1.807) is 6.07 Å². The minimum absolute atomic E-state index is 0.00450. The molecule has 3 rings (SSSR count). The van der Waals surface area contributed by atoms with Gasteiger partial charge in [0.05, 0.1) is 11.1 Å². The highest BCUT2D eigenvalue weighted by atomic mass is 19.4. The quantitative estimate of drug-likeness (QED) is 0.723. The number of hydrogen-bond acceptors (Lipinski definition) is 3. The van der Waals surface area contributed by atoms with Crippen molar-refractivity contribution in [1.82, 2.24) is 4.90 Å². The Morgan fingerprint density at radius 2 is 1.67 bits per heavy atom. The Balaban J connectivity index is 1.59. The van der Waals surface area contributed by atoms with Crippen molar-refractivity contribution in [2.24, 2.45) is 5.73 Å². The summed E-state index contributed by atoms with van der Waals surface area (Å²) in [7, 11) is 0. The number of halogens is 3. The van der Waals surface area contributed by atoms with Crippen LogP contribution in [0.25, 0.3) is 0 Å². The van der Waals surface area contributed by atoms with Crippen LogP contribution < -0.4 is 5.73 Å². The lowest BCUT2D eigenvalue weighted by Gasteiger charge is -2.38. The van der Waals surface area contributed by atoms with Gasteiger partial charge in [-0.3, -0.25) is 9.69 Å². The second kappa shape index (κ2) is 8.90. The third-order valence-corrected chi connectivity index (χ3v) is 6.03. The number of nitrogens with two attached hydrogens (primary N) is 1. The van der Waals surface area contributed by atoms with Gasteiger partial charge in [-0.15, -0.1) is 0 Å². The second-order valence-electron chi connectivity index (χ2n) is 8.58. The van der Waals surface area contributed by atoms with Crippen molar-refractivity contribution in [2.45, 2.75) is 57.3 Å². The van der Waals surface area contributed by atoms with Crippen LogP contribution in [0.3, 0.4) is 0 Å². The number of rotatable bonds is 6. The third kappa shape index (κ3) is 5.29. The van der Waals surface area contributed by atoms with E-state index in [1.165, 1.54) is 17.7 Å². The van der Waals surface area contributed by atoms with Crippen LogP contribution in [0.2, 0.25) is 0 Å². The van der Waals surface area contributed by atoms with Gasteiger partial charge in [0.15, 0.2) is 5.78 Å². The van der Waals surface area contributed by atoms with Crippen molar-refractivity contribution >= 4 is 5.78 Å². The third-order valence-electron chi connectivity index (χ3n) is 6.03. The van der Waals surface area contributed by atoms with E-state index in [4.69, 9.17) is 5.73 Å². The molecule has 0 atom stereocenters. The second-order valence-corrected chi connectivity index (χ2v) is 8.58. The molecular formula is C24H29F3N2O. The monoisotopic (exact) mass is 418 g/mol. The zero-order valence-electron chi connectivity index (χ0n) is 17.5. The van der Waals surface area contributed by atoms with Crippen LogP contribution in [0.4, 0.5) is 13.2 Å². The topological polar surface area (TPSA) is 46.3 Å². The molecule has 1 fully saturated rings. The van der Waals surface area contributed by atoms with Gasteiger partial charge in [-0.2, -0.15) is 13.2 Å². The number of Topliss-reactive ketones (excluding diaryl/α,β-unsaturated/α-hetero) is 1. The van der Waals surface area contributed by atoms with Crippen molar-refractivity contribution in [1.29, 1.82) is 0 Å². The number of carbonyl (C=O) groups excluding carboxylic acids is 1. The molecule has 0 unspecified atom stereocenters. The molecule has 0 radical (unpaired) electrons. The Hall–Kier alpha value is -2.18. The minimum atomic E-state index is -4.37. The van der Waals surface area contributed by atoms with Gasteiger partial charge in [-0.1, -0.05) is 56.3 Å². The molecule has 0 amide bonds. The van der Waals surface area contributed by atoms with E-state index < -0.39 is 17.3 Å². The molecule has 0 spiro atoms. The molecular weight excluding hydrogens is 389 g/mol. The van der Waals surface area contributed by atoms with E-state index in [0.717, 1.165) is 11.6 Å². The number of hydrogen-bond donors (Lipinski definition) is 1. The molecule has 1 aliphatic heterocycles. The Bertz CT molecular complexity index is 867. The van der Waals surface area contributed by atoms with Crippen LogP contribution in [-0.2, 0) is 23.9 Å². The molecule has 1 aliphatic rings. The van der Waals surface area contributed by atoms with E-state index in [0.29, 0.717) is 31.8 Å². The first-order chi connectivity index (χ1) is 14.1. The summed E-state index contributed by atoms with van der Waals surface area (Å²) >= 11 is 0. The molecule has 6 heteroatoms.